The number of hydrogen-bond donors (Lipinski definition) is 1. The van der Waals surface area contributed by atoms with Gasteiger partial charge in [-0.05, 0) is 49.1 Å². The Balaban J connectivity index is 1.57. The number of rotatable bonds is 10. The molecular weight excluding hydrogens is 436 g/mol. The first-order chi connectivity index (χ1) is 15.8. The molecule has 176 valence electrons. The second kappa shape index (κ2) is 11.2. The highest BCUT2D eigenvalue weighted by atomic mass is 32.2. The lowest BCUT2D eigenvalue weighted by Gasteiger charge is -2.19. The molecule has 0 bridgehead atoms. The van der Waals surface area contributed by atoms with Crippen LogP contribution in [-0.4, -0.2) is 33.0 Å². The van der Waals surface area contributed by atoms with Gasteiger partial charge in [-0.3, -0.25) is 4.79 Å². The fourth-order valence-electron chi connectivity index (χ4n) is 3.22. The minimum atomic E-state index is -0.130. The molecule has 8 heteroatoms. The summed E-state index contributed by atoms with van der Waals surface area (Å²) in [6.07, 6.45) is 0. The molecule has 2 aromatic carbocycles. The lowest BCUT2D eigenvalue weighted by Crippen LogP contribution is -2.15. The van der Waals surface area contributed by atoms with Crippen LogP contribution >= 0.6 is 11.8 Å². The monoisotopic (exact) mass is 468 g/mol. The molecule has 0 saturated heterocycles. The van der Waals surface area contributed by atoms with Crippen molar-refractivity contribution in [2.75, 3.05) is 17.7 Å². The van der Waals surface area contributed by atoms with Crippen LogP contribution in [0.4, 0.5) is 5.69 Å². The average Bonchev–Trinajstić information content (AvgIpc) is 3.19. The lowest BCUT2D eigenvalue weighted by atomic mass is 9.87. The van der Waals surface area contributed by atoms with Crippen molar-refractivity contribution in [1.29, 1.82) is 0 Å². The van der Waals surface area contributed by atoms with E-state index in [9.17, 15) is 4.79 Å². The molecule has 0 aliphatic rings. The number of nitrogens with one attached hydrogen (secondary N) is 1. The minimum absolute atomic E-state index is 0.102. The molecule has 33 heavy (non-hydrogen) atoms. The number of anilines is 1. The van der Waals surface area contributed by atoms with Gasteiger partial charge in [-0.15, -0.1) is 10.2 Å². The number of benzene rings is 2. The molecule has 3 aromatic rings. The van der Waals surface area contributed by atoms with Gasteiger partial charge >= 0.3 is 0 Å². The van der Waals surface area contributed by atoms with Gasteiger partial charge in [0.05, 0.1) is 18.0 Å². The van der Waals surface area contributed by atoms with Crippen LogP contribution in [-0.2, 0) is 23.4 Å². The van der Waals surface area contributed by atoms with E-state index in [1.807, 2.05) is 54.8 Å². The maximum atomic E-state index is 12.5. The number of thioether (sulfide) groups is 1. The first-order valence-electron chi connectivity index (χ1n) is 11.1. The van der Waals surface area contributed by atoms with Crippen molar-refractivity contribution in [2.45, 2.75) is 58.3 Å². The summed E-state index contributed by atoms with van der Waals surface area (Å²) >= 11 is 1.35. The van der Waals surface area contributed by atoms with Crippen LogP contribution in [0.5, 0.6) is 11.5 Å². The van der Waals surface area contributed by atoms with Gasteiger partial charge < -0.3 is 19.4 Å². The number of amides is 1. The van der Waals surface area contributed by atoms with Crippen LogP contribution in [0.2, 0.25) is 0 Å². The molecule has 0 aliphatic heterocycles. The van der Waals surface area contributed by atoms with E-state index in [1.54, 1.807) is 0 Å². The third kappa shape index (κ3) is 6.74. The molecule has 0 atom stereocenters. The summed E-state index contributed by atoms with van der Waals surface area (Å²) in [5.74, 6) is 2.25. The van der Waals surface area contributed by atoms with Gasteiger partial charge in [0.15, 0.2) is 11.0 Å². The molecule has 7 nitrogen and oxygen atoms in total. The third-order valence-electron chi connectivity index (χ3n) is 4.99. The largest absolute Gasteiger partial charge is 0.492 e. The van der Waals surface area contributed by atoms with Gasteiger partial charge in [0, 0.05) is 6.54 Å². The number of carbonyl (C=O) groups is 1. The van der Waals surface area contributed by atoms with Crippen molar-refractivity contribution in [3.8, 4) is 11.5 Å². The predicted octanol–water partition coefficient (Wildman–Crippen LogP) is 5.30. The quantitative estimate of drug-likeness (QED) is 0.407. The Hall–Kier alpha value is -3.00. The summed E-state index contributed by atoms with van der Waals surface area (Å²) in [4.78, 5) is 12.5. The number of para-hydroxylation sites is 2. The van der Waals surface area contributed by atoms with Gasteiger partial charge in [0.25, 0.3) is 0 Å². The van der Waals surface area contributed by atoms with Crippen molar-refractivity contribution < 1.29 is 14.3 Å². The van der Waals surface area contributed by atoms with Crippen LogP contribution in [0.25, 0.3) is 0 Å². The minimum Gasteiger partial charge on any atom is -0.492 e. The SMILES string of the molecule is CCOc1ccccc1NC(=O)CSc1nnc(COc2ccc(C(C)(C)C)cc2)n1CC. The normalized spacial score (nSPS) is 11.3. The molecule has 3 rings (SSSR count). The van der Waals surface area contributed by atoms with Crippen molar-refractivity contribution in [3.63, 3.8) is 0 Å². The second-order valence-corrected chi connectivity index (χ2v) is 9.41. The highest BCUT2D eigenvalue weighted by Gasteiger charge is 2.16. The topological polar surface area (TPSA) is 78.3 Å². The lowest BCUT2D eigenvalue weighted by molar-refractivity contribution is -0.113. The van der Waals surface area contributed by atoms with E-state index >= 15 is 0 Å². The summed E-state index contributed by atoms with van der Waals surface area (Å²) in [6, 6.07) is 15.5. The van der Waals surface area contributed by atoms with E-state index < -0.39 is 0 Å². The van der Waals surface area contributed by atoms with Gasteiger partial charge in [-0.2, -0.15) is 0 Å². The van der Waals surface area contributed by atoms with E-state index in [2.05, 4.69) is 48.4 Å². The zero-order valence-electron chi connectivity index (χ0n) is 19.9. The van der Waals surface area contributed by atoms with Gasteiger partial charge in [0.1, 0.15) is 18.1 Å². The molecule has 0 saturated carbocycles. The zero-order valence-corrected chi connectivity index (χ0v) is 20.7. The highest BCUT2D eigenvalue weighted by molar-refractivity contribution is 7.99. The average molecular weight is 469 g/mol. The van der Waals surface area contributed by atoms with Gasteiger partial charge in [0.2, 0.25) is 5.91 Å². The highest BCUT2D eigenvalue weighted by Crippen LogP contribution is 2.26. The molecule has 0 spiro atoms. The summed E-state index contributed by atoms with van der Waals surface area (Å²) < 4.78 is 13.5. The van der Waals surface area contributed by atoms with Crippen LogP contribution < -0.4 is 14.8 Å². The summed E-state index contributed by atoms with van der Waals surface area (Å²) in [7, 11) is 0. The van der Waals surface area contributed by atoms with Crippen molar-refractivity contribution in [1.82, 2.24) is 14.8 Å². The van der Waals surface area contributed by atoms with E-state index in [0.29, 0.717) is 36.4 Å². The van der Waals surface area contributed by atoms with Crippen molar-refractivity contribution >= 4 is 23.4 Å². The van der Waals surface area contributed by atoms with Crippen LogP contribution in [0, 0.1) is 0 Å². The van der Waals surface area contributed by atoms with E-state index in [-0.39, 0.29) is 17.1 Å². The maximum absolute atomic E-state index is 12.5. The summed E-state index contributed by atoms with van der Waals surface area (Å²) in [5.41, 5.74) is 2.02. The summed E-state index contributed by atoms with van der Waals surface area (Å²) in [6.45, 7) is 12.0. The molecule has 0 unspecified atom stereocenters. The predicted molar refractivity (Wildman–Crippen MR) is 132 cm³/mol. The van der Waals surface area contributed by atoms with Crippen molar-refractivity contribution in [2.24, 2.45) is 0 Å². The zero-order chi connectivity index (χ0) is 23.8. The molecule has 0 fully saturated rings. The van der Waals surface area contributed by atoms with E-state index in [1.165, 1.54) is 17.3 Å². The molecule has 1 amide bonds. The number of carbonyl (C=O) groups excluding carboxylic acids is 1. The fraction of sp³-hybridized carbons (Fsp3) is 0.400. The first-order valence-corrected chi connectivity index (χ1v) is 12.1. The Morgan fingerprint density at radius 3 is 2.42 bits per heavy atom. The summed E-state index contributed by atoms with van der Waals surface area (Å²) in [5, 5.41) is 12.1. The number of ether oxygens (including phenoxy) is 2. The molecule has 1 heterocycles. The number of nitrogens with zero attached hydrogens (tertiary/aromatic N) is 3. The van der Waals surface area contributed by atoms with Crippen LogP contribution in [0.3, 0.4) is 0 Å². The molecule has 1 aromatic heterocycles. The van der Waals surface area contributed by atoms with E-state index in [4.69, 9.17) is 9.47 Å². The number of hydrogen-bond acceptors (Lipinski definition) is 6. The Morgan fingerprint density at radius 1 is 1.03 bits per heavy atom. The molecule has 1 N–H and O–H groups in total. The molecule has 0 aliphatic carbocycles. The Morgan fingerprint density at radius 2 is 1.76 bits per heavy atom. The van der Waals surface area contributed by atoms with Crippen LogP contribution in [0.1, 0.15) is 46.0 Å². The maximum Gasteiger partial charge on any atom is 0.234 e. The first kappa shape index (κ1) is 24.6. The third-order valence-corrected chi connectivity index (χ3v) is 5.96. The number of aromatic nitrogens is 3. The van der Waals surface area contributed by atoms with Crippen molar-refractivity contribution in [3.05, 3.63) is 59.9 Å². The molecular formula is C25H32N4O3S. The fourth-order valence-corrected chi connectivity index (χ4v) is 4.04. The van der Waals surface area contributed by atoms with E-state index in [0.717, 1.165) is 11.6 Å². The van der Waals surface area contributed by atoms with Gasteiger partial charge in [-0.25, -0.2) is 0 Å². The Bertz CT molecular complexity index is 1060. The van der Waals surface area contributed by atoms with Crippen LogP contribution in [0.15, 0.2) is 53.7 Å². The Labute approximate surface area is 199 Å². The smallest absolute Gasteiger partial charge is 0.234 e. The standard InChI is InChI=1S/C25H32N4O3S/c1-6-29-22(16-32-19-14-12-18(13-15-19)25(3,4)5)27-28-24(29)33-17-23(30)26-20-10-8-9-11-21(20)31-7-2/h8-15H,6-7,16-17H2,1-5H3,(H,26,30). The second-order valence-electron chi connectivity index (χ2n) is 8.47. The Kier molecular flexibility index (Phi) is 8.38. The molecule has 0 radical (unpaired) electrons. The van der Waals surface area contributed by atoms with Gasteiger partial charge in [-0.1, -0.05) is 56.8 Å².